The van der Waals surface area contributed by atoms with Crippen molar-refractivity contribution in [1.29, 1.82) is 0 Å². The van der Waals surface area contributed by atoms with E-state index in [1.165, 1.54) is 36.7 Å². The second-order valence-corrected chi connectivity index (χ2v) is 7.18. The van der Waals surface area contributed by atoms with Crippen LogP contribution in [0.1, 0.15) is 37.8 Å². The van der Waals surface area contributed by atoms with E-state index in [9.17, 15) is 13.6 Å². The predicted molar refractivity (Wildman–Crippen MR) is 94.4 cm³/mol. The first-order valence-corrected chi connectivity index (χ1v) is 9.33. The van der Waals surface area contributed by atoms with E-state index in [0.717, 1.165) is 35.5 Å². The van der Waals surface area contributed by atoms with Crippen LogP contribution in [0.15, 0.2) is 28.6 Å². The minimum Gasteiger partial charge on any atom is -0.324 e. The Bertz CT molecular complexity index is 822. The summed E-state index contributed by atoms with van der Waals surface area (Å²) in [7, 11) is 1.89. The normalized spacial score (nSPS) is 16.2. The summed E-state index contributed by atoms with van der Waals surface area (Å²) in [5, 5.41) is 4.39. The number of benzene rings is 1. The molecular formula is C18H21F2N3OS. The molecule has 1 amide bonds. The van der Waals surface area contributed by atoms with Crippen LogP contribution < -0.4 is 10.1 Å². The molecule has 0 atom stereocenters. The molecule has 1 heterocycles. The van der Waals surface area contributed by atoms with Gasteiger partial charge >= 0.3 is 0 Å². The maximum absolute atomic E-state index is 13.6. The largest absolute Gasteiger partial charge is 0.324 e. The summed E-state index contributed by atoms with van der Waals surface area (Å²) < 4.78 is 28.5. The van der Waals surface area contributed by atoms with Gasteiger partial charge in [0.05, 0.1) is 18.2 Å². The minimum atomic E-state index is -0.781. The monoisotopic (exact) mass is 365 g/mol. The smallest absolute Gasteiger partial charge is 0.230 e. The van der Waals surface area contributed by atoms with E-state index < -0.39 is 11.6 Å². The molecular weight excluding hydrogens is 344 g/mol. The lowest BCUT2D eigenvalue weighted by Gasteiger charge is -2.16. The molecule has 0 saturated heterocycles. The quantitative estimate of drug-likeness (QED) is 0.881. The van der Waals surface area contributed by atoms with E-state index in [2.05, 4.69) is 5.32 Å². The van der Waals surface area contributed by atoms with Crippen LogP contribution in [0.25, 0.3) is 0 Å². The molecule has 25 heavy (non-hydrogen) atoms. The number of aromatic nitrogens is 1. The van der Waals surface area contributed by atoms with Crippen LogP contribution in [-0.4, -0.2) is 16.5 Å². The van der Waals surface area contributed by atoms with Crippen molar-refractivity contribution in [2.24, 2.45) is 12.0 Å². The van der Waals surface area contributed by atoms with Crippen LogP contribution in [0.3, 0.4) is 0 Å². The average molecular weight is 365 g/mol. The predicted octanol–water partition coefficient (Wildman–Crippen LogP) is 3.78. The Morgan fingerprint density at radius 3 is 2.80 bits per heavy atom. The van der Waals surface area contributed by atoms with Crippen molar-refractivity contribution in [2.75, 3.05) is 5.32 Å². The maximum atomic E-state index is 13.6. The summed E-state index contributed by atoms with van der Waals surface area (Å²) >= 11 is 1.52. The highest BCUT2D eigenvalue weighted by atomic mass is 32.1. The van der Waals surface area contributed by atoms with Gasteiger partial charge in [0.25, 0.3) is 0 Å². The number of carbonyl (C=O) groups excluding carboxylic acids is 1. The van der Waals surface area contributed by atoms with Gasteiger partial charge in [-0.15, -0.1) is 11.3 Å². The first-order valence-electron chi connectivity index (χ1n) is 8.45. The second kappa shape index (κ2) is 7.91. The molecule has 1 aliphatic rings. The molecule has 2 aromatic rings. The number of halogens is 2. The van der Waals surface area contributed by atoms with E-state index in [-0.39, 0.29) is 18.0 Å². The molecule has 0 radical (unpaired) electrons. The third-order valence-corrected chi connectivity index (χ3v) is 5.41. The Balaban J connectivity index is 1.68. The molecule has 1 aromatic carbocycles. The highest BCUT2D eigenvalue weighted by molar-refractivity contribution is 7.07. The fourth-order valence-corrected chi connectivity index (χ4v) is 3.96. The molecule has 0 aliphatic heterocycles. The number of amides is 1. The zero-order valence-corrected chi connectivity index (χ0v) is 14.9. The maximum Gasteiger partial charge on any atom is 0.230 e. The van der Waals surface area contributed by atoms with Crippen LogP contribution in [-0.2, 0) is 18.3 Å². The summed E-state index contributed by atoms with van der Waals surface area (Å²) in [6.45, 7) is 0. The van der Waals surface area contributed by atoms with Crippen LogP contribution >= 0.6 is 11.3 Å². The fraction of sp³-hybridized carbons (Fsp3) is 0.444. The summed E-state index contributed by atoms with van der Waals surface area (Å²) in [5.74, 6) is -1.80. The first-order chi connectivity index (χ1) is 12.0. The van der Waals surface area contributed by atoms with Gasteiger partial charge in [-0.1, -0.05) is 19.3 Å². The van der Waals surface area contributed by atoms with Gasteiger partial charge in [0.2, 0.25) is 5.91 Å². The van der Waals surface area contributed by atoms with Gasteiger partial charge in [-0.2, -0.15) is 0 Å². The third-order valence-electron chi connectivity index (χ3n) is 4.43. The van der Waals surface area contributed by atoms with E-state index in [4.69, 9.17) is 4.99 Å². The molecule has 1 saturated carbocycles. The van der Waals surface area contributed by atoms with Gasteiger partial charge in [0.15, 0.2) is 4.80 Å². The molecule has 134 valence electrons. The summed E-state index contributed by atoms with van der Waals surface area (Å²) in [6, 6.07) is 3.46. The fourth-order valence-electron chi connectivity index (χ4n) is 3.00. The molecule has 0 spiro atoms. The van der Waals surface area contributed by atoms with E-state index >= 15 is 0 Å². The molecule has 1 N–H and O–H groups in total. The SMILES string of the molecule is Cn1c(CC(=O)Nc2ccc(F)cc2F)csc1=NC1CCCCC1. The molecule has 0 bridgehead atoms. The van der Waals surface area contributed by atoms with Crippen molar-refractivity contribution in [3.63, 3.8) is 0 Å². The Morgan fingerprint density at radius 2 is 2.08 bits per heavy atom. The van der Waals surface area contributed by atoms with Crippen LogP contribution in [0.4, 0.5) is 14.5 Å². The number of hydrogen-bond acceptors (Lipinski definition) is 3. The van der Waals surface area contributed by atoms with E-state index in [1.807, 2.05) is 17.0 Å². The molecule has 0 unspecified atom stereocenters. The number of anilines is 1. The topological polar surface area (TPSA) is 46.4 Å². The minimum absolute atomic E-state index is 0.0172. The number of nitrogens with one attached hydrogen (secondary N) is 1. The van der Waals surface area contributed by atoms with E-state index in [1.54, 1.807) is 0 Å². The molecule has 1 aromatic heterocycles. The Labute approximate surface area is 149 Å². The highest BCUT2D eigenvalue weighted by Crippen LogP contribution is 2.20. The van der Waals surface area contributed by atoms with Crippen molar-refractivity contribution in [3.8, 4) is 0 Å². The van der Waals surface area contributed by atoms with Crippen molar-refractivity contribution in [2.45, 2.75) is 44.6 Å². The van der Waals surface area contributed by atoms with Gasteiger partial charge in [-0.05, 0) is 25.0 Å². The molecule has 1 fully saturated rings. The van der Waals surface area contributed by atoms with Gasteiger partial charge in [-0.3, -0.25) is 9.79 Å². The molecule has 1 aliphatic carbocycles. The van der Waals surface area contributed by atoms with Crippen LogP contribution in [0.2, 0.25) is 0 Å². The first kappa shape index (κ1) is 17.8. The van der Waals surface area contributed by atoms with Crippen molar-refractivity contribution < 1.29 is 13.6 Å². The molecule has 4 nitrogen and oxygen atoms in total. The summed E-state index contributed by atoms with van der Waals surface area (Å²) in [6.07, 6.45) is 6.09. The lowest BCUT2D eigenvalue weighted by Crippen LogP contribution is -2.22. The van der Waals surface area contributed by atoms with Gasteiger partial charge in [0.1, 0.15) is 11.6 Å². The van der Waals surface area contributed by atoms with Gasteiger partial charge in [0, 0.05) is 24.2 Å². The van der Waals surface area contributed by atoms with Gasteiger partial charge in [-0.25, -0.2) is 8.78 Å². The third kappa shape index (κ3) is 4.54. The molecule has 7 heteroatoms. The van der Waals surface area contributed by atoms with Crippen LogP contribution in [0, 0.1) is 11.6 Å². The summed E-state index contributed by atoms with van der Waals surface area (Å²) in [4.78, 5) is 17.9. The molecule has 3 rings (SSSR count). The Kier molecular flexibility index (Phi) is 5.63. The number of hydrogen-bond donors (Lipinski definition) is 1. The zero-order valence-electron chi connectivity index (χ0n) is 14.1. The second-order valence-electron chi connectivity index (χ2n) is 6.34. The zero-order chi connectivity index (χ0) is 17.8. The number of nitrogens with zero attached hydrogens (tertiary/aromatic N) is 2. The van der Waals surface area contributed by atoms with E-state index in [0.29, 0.717) is 6.04 Å². The Morgan fingerprint density at radius 1 is 1.32 bits per heavy atom. The number of carbonyl (C=O) groups is 1. The van der Waals surface area contributed by atoms with Crippen molar-refractivity contribution in [1.82, 2.24) is 4.57 Å². The summed E-state index contributed by atoms with van der Waals surface area (Å²) in [5.41, 5.74) is 0.802. The van der Waals surface area contributed by atoms with Crippen molar-refractivity contribution >= 4 is 22.9 Å². The number of thiazole rings is 1. The van der Waals surface area contributed by atoms with Crippen molar-refractivity contribution in [3.05, 3.63) is 45.7 Å². The average Bonchev–Trinajstić information content (AvgIpc) is 2.92. The standard InChI is InChI=1S/C18H21F2N3OS/c1-23-14(11-25-18(23)21-13-5-3-2-4-6-13)10-17(24)22-16-8-7-12(19)9-15(16)20/h7-9,11,13H,2-6,10H2,1H3,(H,22,24). The lowest BCUT2D eigenvalue weighted by molar-refractivity contribution is -0.115. The number of rotatable bonds is 4. The van der Waals surface area contributed by atoms with Gasteiger partial charge < -0.3 is 9.88 Å². The van der Waals surface area contributed by atoms with Crippen LogP contribution in [0.5, 0.6) is 0 Å². The Hall–Kier alpha value is -2.02. The highest BCUT2D eigenvalue weighted by Gasteiger charge is 2.14. The lowest BCUT2D eigenvalue weighted by atomic mass is 9.96.